The predicted molar refractivity (Wildman–Crippen MR) is 83.3 cm³/mol. The molecule has 4 nitrogen and oxygen atoms in total. The van der Waals surface area contributed by atoms with Crippen LogP contribution in [0.5, 0.6) is 5.75 Å². The molecule has 0 bridgehead atoms. The zero-order chi connectivity index (χ0) is 15.1. The van der Waals surface area contributed by atoms with Crippen molar-refractivity contribution in [1.82, 2.24) is 5.32 Å². The number of hydrogen-bond donors (Lipinski definition) is 1. The van der Waals surface area contributed by atoms with Crippen molar-refractivity contribution in [3.05, 3.63) is 24.3 Å². The highest BCUT2D eigenvalue weighted by Gasteiger charge is 2.33. The van der Waals surface area contributed by atoms with Gasteiger partial charge in [-0.2, -0.15) is 5.26 Å². The second kappa shape index (κ2) is 7.37. The van der Waals surface area contributed by atoms with Crippen LogP contribution in [-0.2, 0) is 4.79 Å². The molecule has 5 heteroatoms. The summed E-state index contributed by atoms with van der Waals surface area (Å²) in [5, 5.41) is 12.3. The molecule has 0 radical (unpaired) electrons. The van der Waals surface area contributed by atoms with Crippen LogP contribution in [0.2, 0.25) is 0 Å². The molecule has 1 aliphatic rings. The van der Waals surface area contributed by atoms with Gasteiger partial charge in [-0.1, -0.05) is 25.3 Å². The van der Waals surface area contributed by atoms with Crippen molar-refractivity contribution in [2.24, 2.45) is 0 Å². The fraction of sp³-hybridized carbons (Fsp3) is 0.500. The van der Waals surface area contributed by atoms with E-state index in [0.717, 1.165) is 42.7 Å². The quantitative estimate of drug-likeness (QED) is 0.849. The predicted octanol–water partition coefficient (Wildman–Crippen LogP) is 3.13. The van der Waals surface area contributed by atoms with Crippen molar-refractivity contribution < 1.29 is 9.53 Å². The van der Waals surface area contributed by atoms with Crippen LogP contribution in [0.3, 0.4) is 0 Å². The average molecular weight is 304 g/mol. The number of carbonyl (C=O) groups is 1. The van der Waals surface area contributed by atoms with E-state index in [1.807, 2.05) is 24.3 Å². The zero-order valence-corrected chi connectivity index (χ0v) is 13.0. The largest absolute Gasteiger partial charge is 0.497 e. The summed E-state index contributed by atoms with van der Waals surface area (Å²) in [6.45, 7) is 0. The number of nitrogens with zero attached hydrogens (tertiary/aromatic N) is 1. The van der Waals surface area contributed by atoms with Gasteiger partial charge in [0.25, 0.3) is 0 Å². The molecule has 0 spiro atoms. The topological polar surface area (TPSA) is 62.1 Å². The second-order valence-corrected chi connectivity index (χ2v) is 6.32. The summed E-state index contributed by atoms with van der Waals surface area (Å²) < 4.78 is 5.16. The molecule has 1 N–H and O–H groups in total. The Balaban J connectivity index is 1.88. The molecule has 2 rings (SSSR count). The van der Waals surface area contributed by atoms with Gasteiger partial charge in [0, 0.05) is 4.90 Å². The van der Waals surface area contributed by atoms with Crippen LogP contribution < -0.4 is 10.1 Å². The van der Waals surface area contributed by atoms with Gasteiger partial charge in [-0.25, -0.2) is 0 Å². The van der Waals surface area contributed by atoms with E-state index in [4.69, 9.17) is 4.74 Å². The summed E-state index contributed by atoms with van der Waals surface area (Å²) in [5.41, 5.74) is -0.649. The average Bonchev–Trinajstić information content (AvgIpc) is 2.54. The highest BCUT2D eigenvalue weighted by Crippen LogP contribution is 2.28. The molecule has 0 unspecified atom stereocenters. The number of nitrogens with one attached hydrogen (secondary N) is 1. The summed E-state index contributed by atoms with van der Waals surface area (Å²) >= 11 is 1.45. The molecule has 1 aliphatic carbocycles. The van der Waals surface area contributed by atoms with E-state index in [-0.39, 0.29) is 5.91 Å². The Morgan fingerprint density at radius 3 is 2.86 bits per heavy atom. The molecule has 0 aromatic heterocycles. The third kappa shape index (κ3) is 4.40. The Bertz CT molecular complexity index is 533. The zero-order valence-electron chi connectivity index (χ0n) is 12.2. The highest BCUT2D eigenvalue weighted by atomic mass is 32.2. The van der Waals surface area contributed by atoms with Crippen LogP contribution in [0.1, 0.15) is 32.1 Å². The van der Waals surface area contributed by atoms with Crippen molar-refractivity contribution in [2.75, 3.05) is 12.9 Å². The smallest absolute Gasteiger partial charge is 0.231 e. The van der Waals surface area contributed by atoms with Crippen molar-refractivity contribution in [1.29, 1.82) is 5.26 Å². The molecule has 112 valence electrons. The Hall–Kier alpha value is -1.67. The maximum absolute atomic E-state index is 12.1. The third-order valence-corrected chi connectivity index (χ3v) is 4.70. The minimum absolute atomic E-state index is 0.0775. The highest BCUT2D eigenvalue weighted by molar-refractivity contribution is 8.00. The Morgan fingerprint density at radius 2 is 2.19 bits per heavy atom. The second-order valence-electron chi connectivity index (χ2n) is 5.27. The van der Waals surface area contributed by atoms with Gasteiger partial charge in [0.15, 0.2) is 0 Å². The molecule has 0 atom stereocenters. The Morgan fingerprint density at radius 1 is 1.43 bits per heavy atom. The Labute approximate surface area is 129 Å². The molecule has 21 heavy (non-hydrogen) atoms. The third-order valence-electron chi connectivity index (χ3n) is 3.71. The lowest BCUT2D eigenvalue weighted by Gasteiger charge is -2.31. The number of nitriles is 1. The summed E-state index contributed by atoms with van der Waals surface area (Å²) in [4.78, 5) is 13.1. The van der Waals surface area contributed by atoms with Crippen LogP contribution in [0.15, 0.2) is 29.2 Å². The Kier molecular flexibility index (Phi) is 5.51. The fourth-order valence-corrected chi connectivity index (χ4v) is 3.31. The van der Waals surface area contributed by atoms with Crippen molar-refractivity contribution in [3.8, 4) is 11.8 Å². The van der Waals surface area contributed by atoms with E-state index < -0.39 is 5.54 Å². The van der Waals surface area contributed by atoms with Crippen molar-refractivity contribution in [3.63, 3.8) is 0 Å². The fourth-order valence-electron chi connectivity index (χ4n) is 2.56. The number of rotatable bonds is 5. The van der Waals surface area contributed by atoms with Crippen LogP contribution in [0, 0.1) is 11.3 Å². The van der Waals surface area contributed by atoms with Gasteiger partial charge in [-0.15, -0.1) is 11.8 Å². The van der Waals surface area contributed by atoms with Crippen molar-refractivity contribution >= 4 is 17.7 Å². The maximum atomic E-state index is 12.1. The maximum Gasteiger partial charge on any atom is 0.231 e. The molecule has 0 saturated heterocycles. The number of benzene rings is 1. The van der Waals surface area contributed by atoms with Gasteiger partial charge >= 0.3 is 0 Å². The summed E-state index contributed by atoms with van der Waals surface area (Å²) in [6, 6.07) is 9.92. The molecule has 1 aromatic carbocycles. The van der Waals surface area contributed by atoms with Crippen LogP contribution >= 0.6 is 11.8 Å². The van der Waals surface area contributed by atoms with Gasteiger partial charge in [0.1, 0.15) is 11.3 Å². The molecular weight excluding hydrogens is 284 g/mol. The van der Waals surface area contributed by atoms with E-state index in [1.165, 1.54) is 11.8 Å². The van der Waals surface area contributed by atoms with Gasteiger partial charge in [0.05, 0.1) is 18.9 Å². The molecular formula is C16H20N2O2S. The first-order valence-corrected chi connectivity index (χ1v) is 8.15. The molecule has 1 fully saturated rings. The lowest BCUT2D eigenvalue weighted by molar-refractivity contribution is -0.120. The first kappa shape index (κ1) is 15.7. The van der Waals surface area contributed by atoms with Gasteiger partial charge in [-0.05, 0) is 31.0 Å². The summed E-state index contributed by atoms with van der Waals surface area (Å²) in [7, 11) is 1.62. The van der Waals surface area contributed by atoms with Gasteiger partial charge in [0.2, 0.25) is 5.91 Å². The normalized spacial score (nSPS) is 16.8. The first-order valence-electron chi connectivity index (χ1n) is 7.16. The summed E-state index contributed by atoms with van der Waals surface area (Å²) in [6.07, 6.45) is 4.70. The van der Waals surface area contributed by atoms with E-state index in [9.17, 15) is 10.1 Å². The SMILES string of the molecule is COc1cccc(SCC(=O)NC2(C#N)CCCCC2)c1. The van der Waals surface area contributed by atoms with E-state index in [2.05, 4.69) is 11.4 Å². The number of amides is 1. The molecule has 1 aromatic rings. The van der Waals surface area contributed by atoms with Crippen LogP contribution in [0.4, 0.5) is 0 Å². The lowest BCUT2D eigenvalue weighted by Crippen LogP contribution is -2.49. The van der Waals surface area contributed by atoms with Gasteiger partial charge in [-0.3, -0.25) is 4.79 Å². The number of methoxy groups -OCH3 is 1. The molecule has 0 heterocycles. The minimum Gasteiger partial charge on any atom is -0.497 e. The molecule has 1 amide bonds. The first-order chi connectivity index (χ1) is 10.2. The molecule has 1 saturated carbocycles. The summed E-state index contributed by atoms with van der Waals surface area (Å²) in [5.74, 6) is 1.02. The number of carbonyl (C=O) groups excluding carboxylic acids is 1. The standard InChI is InChI=1S/C16H20N2O2S/c1-20-13-6-5-7-14(10-13)21-11-15(19)18-16(12-17)8-3-2-4-9-16/h5-7,10H,2-4,8-9,11H2,1H3,(H,18,19). The monoisotopic (exact) mass is 304 g/mol. The lowest BCUT2D eigenvalue weighted by atomic mass is 9.83. The number of hydrogen-bond acceptors (Lipinski definition) is 4. The van der Waals surface area contributed by atoms with E-state index in [1.54, 1.807) is 7.11 Å². The van der Waals surface area contributed by atoms with Gasteiger partial charge < -0.3 is 10.1 Å². The minimum atomic E-state index is -0.649. The van der Waals surface area contributed by atoms with E-state index in [0.29, 0.717) is 5.75 Å². The number of thioether (sulfide) groups is 1. The number of ether oxygens (including phenoxy) is 1. The molecule has 0 aliphatic heterocycles. The van der Waals surface area contributed by atoms with E-state index >= 15 is 0 Å². The van der Waals surface area contributed by atoms with Crippen molar-refractivity contribution in [2.45, 2.75) is 42.5 Å². The van der Waals surface area contributed by atoms with Crippen LogP contribution in [-0.4, -0.2) is 24.3 Å². The van der Waals surface area contributed by atoms with Crippen LogP contribution in [0.25, 0.3) is 0 Å².